The molecule has 6 heteroatoms. The summed E-state index contributed by atoms with van der Waals surface area (Å²) >= 11 is 6.04. The first-order chi connectivity index (χ1) is 15.4. The minimum atomic E-state index is -0.413. The van der Waals surface area contributed by atoms with E-state index in [1.165, 1.54) is 4.90 Å². The van der Waals surface area contributed by atoms with Gasteiger partial charge in [-0.25, -0.2) is 4.90 Å². The third kappa shape index (κ3) is 4.12. The number of aryl methyl sites for hydroxylation is 2. The average Bonchev–Trinajstić information content (AvgIpc) is 3.01. The maximum absolute atomic E-state index is 13.5. The second-order valence-corrected chi connectivity index (χ2v) is 8.01. The first kappa shape index (κ1) is 21.7. The van der Waals surface area contributed by atoms with Crippen LogP contribution in [0.2, 0.25) is 5.02 Å². The molecule has 1 heterocycles. The zero-order valence-corrected chi connectivity index (χ0v) is 18.9. The fourth-order valence-electron chi connectivity index (χ4n) is 3.71. The molecule has 5 nitrogen and oxygen atoms in total. The van der Waals surface area contributed by atoms with Gasteiger partial charge in [-0.1, -0.05) is 41.4 Å². The first-order valence-electron chi connectivity index (χ1n) is 10.3. The molecule has 1 aliphatic rings. The van der Waals surface area contributed by atoms with Crippen molar-refractivity contribution in [2.45, 2.75) is 20.8 Å². The van der Waals surface area contributed by atoms with E-state index in [1.807, 2.05) is 39.0 Å². The number of anilines is 2. The van der Waals surface area contributed by atoms with E-state index in [2.05, 4.69) is 5.32 Å². The van der Waals surface area contributed by atoms with E-state index in [0.29, 0.717) is 34.2 Å². The van der Waals surface area contributed by atoms with Gasteiger partial charge in [0.25, 0.3) is 11.8 Å². The first-order valence-corrected chi connectivity index (χ1v) is 10.7. The average molecular weight is 447 g/mol. The predicted octanol–water partition coefficient (Wildman–Crippen LogP) is 5.75. The molecule has 0 radical (unpaired) electrons. The summed E-state index contributed by atoms with van der Waals surface area (Å²) in [5.74, 6) is -0.132. The number of rotatable bonds is 6. The number of ether oxygens (including phenoxy) is 1. The van der Waals surface area contributed by atoms with Crippen LogP contribution in [0.4, 0.5) is 11.4 Å². The number of hydrogen-bond donors (Lipinski definition) is 1. The van der Waals surface area contributed by atoms with Crippen LogP contribution in [0.15, 0.2) is 72.4 Å². The van der Waals surface area contributed by atoms with Gasteiger partial charge in [0.2, 0.25) is 0 Å². The number of benzene rings is 3. The Morgan fingerprint density at radius 3 is 2.22 bits per heavy atom. The van der Waals surface area contributed by atoms with Crippen molar-refractivity contribution in [3.63, 3.8) is 0 Å². The van der Waals surface area contributed by atoms with Gasteiger partial charge >= 0.3 is 0 Å². The Morgan fingerprint density at radius 2 is 1.59 bits per heavy atom. The Hall–Kier alpha value is -3.57. The SMILES string of the molecule is CCOc1ccc(N2C(=O)C(Nc3ccc(C)cc3C)=C(c3ccc(Cl)cc3)C2=O)cc1. The standard InChI is InChI=1S/C26H23ClN2O3/c1-4-32-21-12-10-20(11-13-21)29-25(30)23(18-6-8-19(27)9-7-18)24(26(29)31)28-22-14-5-16(2)15-17(22)3/h5-15,28H,4H2,1-3H3. The number of nitrogens with one attached hydrogen (secondary N) is 1. The summed E-state index contributed by atoms with van der Waals surface area (Å²) in [6, 6.07) is 19.7. The minimum absolute atomic E-state index is 0.234. The molecule has 0 fully saturated rings. The van der Waals surface area contributed by atoms with Gasteiger partial charge in [-0.05, 0) is 74.4 Å². The van der Waals surface area contributed by atoms with Gasteiger partial charge in [-0.2, -0.15) is 0 Å². The fourth-order valence-corrected chi connectivity index (χ4v) is 3.84. The number of hydrogen-bond acceptors (Lipinski definition) is 4. The van der Waals surface area contributed by atoms with Crippen molar-refractivity contribution in [3.8, 4) is 5.75 Å². The van der Waals surface area contributed by atoms with E-state index in [9.17, 15) is 9.59 Å². The Bertz CT molecular complexity index is 1210. The van der Waals surface area contributed by atoms with Crippen molar-refractivity contribution < 1.29 is 14.3 Å². The van der Waals surface area contributed by atoms with Crippen molar-refractivity contribution >= 4 is 40.4 Å². The third-order valence-corrected chi connectivity index (χ3v) is 5.52. The molecule has 1 aliphatic heterocycles. The molecule has 0 bridgehead atoms. The highest BCUT2D eigenvalue weighted by molar-refractivity contribution is 6.46. The van der Waals surface area contributed by atoms with Gasteiger partial charge in [-0.3, -0.25) is 9.59 Å². The largest absolute Gasteiger partial charge is 0.494 e. The molecule has 1 N–H and O–H groups in total. The highest BCUT2D eigenvalue weighted by Crippen LogP contribution is 2.35. The van der Waals surface area contributed by atoms with Crippen molar-refractivity contribution in [2.24, 2.45) is 0 Å². The second-order valence-electron chi connectivity index (χ2n) is 7.57. The molecule has 0 aromatic heterocycles. The molecule has 4 rings (SSSR count). The molecule has 2 amide bonds. The number of carbonyl (C=O) groups excluding carboxylic acids is 2. The van der Waals surface area contributed by atoms with Gasteiger partial charge in [0.05, 0.1) is 17.9 Å². The predicted molar refractivity (Wildman–Crippen MR) is 128 cm³/mol. The molecular weight excluding hydrogens is 424 g/mol. The molecule has 0 spiro atoms. The number of imide groups is 1. The van der Waals surface area contributed by atoms with Crippen LogP contribution in [0.25, 0.3) is 5.57 Å². The van der Waals surface area contributed by atoms with Crippen LogP contribution in [0.1, 0.15) is 23.6 Å². The zero-order chi connectivity index (χ0) is 22.8. The van der Waals surface area contributed by atoms with Crippen molar-refractivity contribution in [3.05, 3.63) is 94.1 Å². The summed E-state index contributed by atoms with van der Waals surface area (Å²) < 4.78 is 5.48. The summed E-state index contributed by atoms with van der Waals surface area (Å²) in [4.78, 5) is 28.2. The Kier molecular flexibility index (Phi) is 6.01. The number of amides is 2. The van der Waals surface area contributed by atoms with E-state index in [4.69, 9.17) is 16.3 Å². The van der Waals surface area contributed by atoms with E-state index in [0.717, 1.165) is 16.8 Å². The lowest BCUT2D eigenvalue weighted by molar-refractivity contribution is -0.120. The molecule has 0 saturated carbocycles. The number of nitrogens with zero attached hydrogens (tertiary/aromatic N) is 1. The van der Waals surface area contributed by atoms with Crippen molar-refractivity contribution in [1.29, 1.82) is 0 Å². The minimum Gasteiger partial charge on any atom is -0.494 e. The van der Waals surface area contributed by atoms with E-state index < -0.39 is 11.8 Å². The summed E-state index contributed by atoms with van der Waals surface area (Å²) in [6.07, 6.45) is 0. The van der Waals surface area contributed by atoms with Crippen LogP contribution in [0.5, 0.6) is 5.75 Å². The lowest BCUT2D eigenvalue weighted by atomic mass is 10.0. The molecule has 162 valence electrons. The zero-order valence-electron chi connectivity index (χ0n) is 18.1. The maximum Gasteiger partial charge on any atom is 0.282 e. The smallest absolute Gasteiger partial charge is 0.282 e. The summed E-state index contributed by atoms with van der Waals surface area (Å²) in [5.41, 5.74) is 4.50. The maximum atomic E-state index is 13.5. The lowest BCUT2D eigenvalue weighted by Gasteiger charge is -2.16. The highest BCUT2D eigenvalue weighted by atomic mass is 35.5. The molecule has 0 saturated heterocycles. The van der Waals surface area contributed by atoms with Crippen molar-refractivity contribution in [1.82, 2.24) is 0 Å². The number of carbonyl (C=O) groups is 2. The Morgan fingerprint density at radius 1 is 0.906 bits per heavy atom. The van der Waals surface area contributed by atoms with Crippen LogP contribution < -0.4 is 15.0 Å². The molecule has 3 aromatic rings. The summed E-state index contributed by atoms with van der Waals surface area (Å²) in [7, 11) is 0. The normalized spacial score (nSPS) is 13.7. The summed E-state index contributed by atoms with van der Waals surface area (Å²) in [5, 5.41) is 3.78. The van der Waals surface area contributed by atoms with Crippen LogP contribution in [-0.2, 0) is 9.59 Å². The lowest BCUT2D eigenvalue weighted by Crippen LogP contribution is -2.32. The van der Waals surface area contributed by atoms with Crippen LogP contribution in [-0.4, -0.2) is 18.4 Å². The van der Waals surface area contributed by atoms with Crippen LogP contribution >= 0.6 is 11.6 Å². The van der Waals surface area contributed by atoms with Gasteiger partial charge in [-0.15, -0.1) is 0 Å². The molecule has 0 aliphatic carbocycles. The molecule has 32 heavy (non-hydrogen) atoms. The van der Waals surface area contributed by atoms with E-state index >= 15 is 0 Å². The van der Waals surface area contributed by atoms with Gasteiger partial charge in [0.15, 0.2) is 0 Å². The topological polar surface area (TPSA) is 58.6 Å². The molecular formula is C26H23ClN2O3. The van der Waals surface area contributed by atoms with E-state index in [-0.39, 0.29) is 5.70 Å². The fraction of sp³-hybridized carbons (Fsp3) is 0.154. The third-order valence-electron chi connectivity index (χ3n) is 5.26. The van der Waals surface area contributed by atoms with Crippen LogP contribution in [0, 0.1) is 13.8 Å². The molecule has 0 unspecified atom stereocenters. The molecule has 3 aromatic carbocycles. The molecule has 0 atom stereocenters. The van der Waals surface area contributed by atoms with Crippen LogP contribution in [0.3, 0.4) is 0 Å². The summed E-state index contributed by atoms with van der Waals surface area (Å²) in [6.45, 7) is 6.40. The van der Waals surface area contributed by atoms with Crippen molar-refractivity contribution in [2.75, 3.05) is 16.8 Å². The Balaban J connectivity index is 1.78. The highest BCUT2D eigenvalue weighted by Gasteiger charge is 2.40. The monoisotopic (exact) mass is 446 g/mol. The van der Waals surface area contributed by atoms with Gasteiger partial charge in [0, 0.05) is 10.7 Å². The quantitative estimate of drug-likeness (QED) is 0.489. The second kappa shape index (κ2) is 8.89. The van der Waals surface area contributed by atoms with Gasteiger partial charge < -0.3 is 10.1 Å². The number of halogens is 1. The Labute approximate surface area is 192 Å². The van der Waals surface area contributed by atoms with Gasteiger partial charge in [0.1, 0.15) is 11.4 Å². The van der Waals surface area contributed by atoms with E-state index in [1.54, 1.807) is 48.5 Å².